The molecule has 1 atom stereocenters. The third-order valence-corrected chi connectivity index (χ3v) is 3.25. The van der Waals surface area contributed by atoms with Crippen molar-refractivity contribution in [3.8, 4) is 11.3 Å². The van der Waals surface area contributed by atoms with Gasteiger partial charge in [0.1, 0.15) is 0 Å². The third-order valence-electron chi connectivity index (χ3n) is 3.25. The quantitative estimate of drug-likeness (QED) is 0.622. The SMILES string of the molecule is C[C@H](CN)CN(N)Cc1ccc(-c2ccccn2)cc1. The zero-order chi connectivity index (χ0) is 14.4. The number of hydrogen-bond donors (Lipinski definition) is 2. The fraction of sp³-hybridized carbons (Fsp3) is 0.312. The zero-order valence-electron chi connectivity index (χ0n) is 11.9. The molecule has 4 nitrogen and oxygen atoms in total. The van der Waals surface area contributed by atoms with Crippen molar-refractivity contribution in [1.82, 2.24) is 9.99 Å². The molecule has 4 heteroatoms. The Hall–Kier alpha value is -1.75. The molecular weight excluding hydrogens is 248 g/mol. The van der Waals surface area contributed by atoms with Crippen LogP contribution in [0.15, 0.2) is 48.7 Å². The van der Waals surface area contributed by atoms with Gasteiger partial charge in [0, 0.05) is 24.8 Å². The van der Waals surface area contributed by atoms with E-state index in [-0.39, 0.29) is 0 Å². The van der Waals surface area contributed by atoms with Crippen LogP contribution in [0.3, 0.4) is 0 Å². The van der Waals surface area contributed by atoms with Gasteiger partial charge in [-0.25, -0.2) is 5.01 Å². The van der Waals surface area contributed by atoms with E-state index < -0.39 is 0 Å². The minimum Gasteiger partial charge on any atom is -0.330 e. The van der Waals surface area contributed by atoms with Crippen LogP contribution in [-0.2, 0) is 6.54 Å². The standard InChI is InChI=1S/C16H22N4/c1-13(10-17)11-20(18)12-14-5-7-15(8-6-14)16-4-2-3-9-19-16/h2-9,13H,10-12,17-18H2,1H3/t13-/m1/s1. The molecule has 20 heavy (non-hydrogen) atoms. The summed E-state index contributed by atoms with van der Waals surface area (Å²) in [4.78, 5) is 4.34. The predicted molar refractivity (Wildman–Crippen MR) is 82.5 cm³/mol. The van der Waals surface area contributed by atoms with E-state index in [4.69, 9.17) is 11.6 Å². The average Bonchev–Trinajstić information content (AvgIpc) is 2.48. The predicted octanol–water partition coefficient (Wildman–Crippen LogP) is 2.02. The van der Waals surface area contributed by atoms with Crippen molar-refractivity contribution in [2.45, 2.75) is 13.5 Å². The highest BCUT2D eigenvalue weighted by Crippen LogP contribution is 2.17. The van der Waals surface area contributed by atoms with E-state index in [2.05, 4.69) is 36.2 Å². The number of aromatic nitrogens is 1. The van der Waals surface area contributed by atoms with Crippen molar-refractivity contribution in [3.63, 3.8) is 0 Å². The van der Waals surface area contributed by atoms with Crippen molar-refractivity contribution in [2.24, 2.45) is 17.5 Å². The van der Waals surface area contributed by atoms with E-state index >= 15 is 0 Å². The Bertz CT molecular complexity index is 510. The lowest BCUT2D eigenvalue weighted by atomic mass is 10.1. The van der Waals surface area contributed by atoms with Crippen LogP contribution in [0.5, 0.6) is 0 Å². The van der Waals surface area contributed by atoms with E-state index in [0.717, 1.165) is 24.3 Å². The summed E-state index contributed by atoms with van der Waals surface area (Å²) in [6, 6.07) is 14.3. The molecule has 2 rings (SSSR count). The molecule has 1 aromatic heterocycles. The van der Waals surface area contributed by atoms with Crippen molar-refractivity contribution in [2.75, 3.05) is 13.1 Å². The Morgan fingerprint density at radius 2 is 1.90 bits per heavy atom. The van der Waals surface area contributed by atoms with E-state index in [1.54, 1.807) is 6.20 Å². The number of nitrogens with zero attached hydrogens (tertiary/aromatic N) is 2. The highest BCUT2D eigenvalue weighted by atomic mass is 15.4. The topological polar surface area (TPSA) is 68.2 Å². The highest BCUT2D eigenvalue weighted by molar-refractivity contribution is 5.58. The summed E-state index contributed by atoms with van der Waals surface area (Å²) in [7, 11) is 0. The first-order valence-corrected chi connectivity index (χ1v) is 6.89. The van der Waals surface area contributed by atoms with Crippen molar-refractivity contribution in [3.05, 3.63) is 54.2 Å². The molecule has 0 aliphatic carbocycles. The summed E-state index contributed by atoms with van der Waals surface area (Å²) >= 11 is 0. The summed E-state index contributed by atoms with van der Waals surface area (Å²) in [6.07, 6.45) is 1.80. The second-order valence-corrected chi connectivity index (χ2v) is 5.18. The first kappa shape index (κ1) is 14.7. The molecule has 0 radical (unpaired) electrons. The van der Waals surface area contributed by atoms with Crippen LogP contribution < -0.4 is 11.6 Å². The van der Waals surface area contributed by atoms with Gasteiger partial charge < -0.3 is 5.73 Å². The van der Waals surface area contributed by atoms with Gasteiger partial charge in [-0.05, 0) is 30.2 Å². The maximum Gasteiger partial charge on any atom is 0.0701 e. The lowest BCUT2D eigenvalue weighted by molar-refractivity contribution is 0.238. The van der Waals surface area contributed by atoms with Gasteiger partial charge in [0.15, 0.2) is 0 Å². The Kier molecular flexibility index (Phi) is 5.24. The summed E-state index contributed by atoms with van der Waals surface area (Å²) in [5.41, 5.74) is 8.91. The first-order valence-electron chi connectivity index (χ1n) is 6.89. The molecular formula is C16H22N4. The van der Waals surface area contributed by atoms with Gasteiger partial charge in [0.2, 0.25) is 0 Å². The second-order valence-electron chi connectivity index (χ2n) is 5.18. The van der Waals surface area contributed by atoms with Gasteiger partial charge >= 0.3 is 0 Å². The Balaban J connectivity index is 1.98. The molecule has 0 aliphatic rings. The monoisotopic (exact) mass is 270 g/mol. The summed E-state index contributed by atoms with van der Waals surface area (Å²) < 4.78 is 0. The van der Waals surface area contributed by atoms with Crippen LogP contribution in [0.25, 0.3) is 11.3 Å². The number of nitrogens with two attached hydrogens (primary N) is 2. The Morgan fingerprint density at radius 3 is 2.50 bits per heavy atom. The number of hydrazine groups is 1. The van der Waals surface area contributed by atoms with Crippen LogP contribution in [0.2, 0.25) is 0 Å². The molecule has 0 fully saturated rings. The van der Waals surface area contributed by atoms with Gasteiger partial charge in [-0.1, -0.05) is 37.3 Å². The maximum absolute atomic E-state index is 6.00. The molecule has 4 N–H and O–H groups in total. The van der Waals surface area contributed by atoms with Crippen molar-refractivity contribution >= 4 is 0 Å². The van der Waals surface area contributed by atoms with Crippen LogP contribution in [0.1, 0.15) is 12.5 Å². The summed E-state index contributed by atoms with van der Waals surface area (Å²) in [5, 5.41) is 1.81. The Morgan fingerprint density at radius 1 is 1.15 bits per heavy atom. The van der Waals surface area contributed by atoms with Crippen LogP contribution in [-0.4, -0.2) is 23.1 Å². The van der Waals surface area contributed by atoms with Crippen LogP contribution in [0, 0.1) is 5.92 Å². The summed E-state index contributed by atoms with van der Waals surface area (Å²) in [6.45, 7) is 4.29. The molecule has 0 bridgehead atoms. The van der Waals surface area contributed by atoms with Crippen LogP contribution >= 0.6 is 0 Å². The highest BCUT2D eigenvalue weighted by Gasteiger charge is 2.06. The smallest absolute Gasteiger partial charge is 0.0701 e. The van der Waals surface area contributed by atoms with Gasteiger partial charge in [0.05, 0.1) is 5.69 Å². The van der Waals surface area contributed by atoms with Crippen LogP contribution in [0.4, 0.5) is 0 Å². The number of pyridine rings is 1. The first-order chi connectivity index (χ1) is 9.69. The van der Waals surface area contributed by atoms with Gasteiger partial charge in [-0.3, -0.25) is 10.8 Å². The van der Waals surface area contributed by atoms with E-state index in [0.29, 0.717) is 12.5 Å². The number of benzene rings is 1. The maximum atomic E-state index is 6.00. The largest absolute Gasteiger partial charge is 0.330 e. The molecule has 1 heterocycles. The van der Waals surface area contributed by atoms with Crippen molar-refractivity contribution < 1.29 is 0 Å². The van der Waals surface area contributed by atoms with Gasteiger partial charge in [0.25, 0.3) is 0 Å². The second kappa shape index (κ2) is 7.14. The van der Waals surface area contributed by atoms with E-state index in [9.17, 15) is 0 Å². The fourth-order valence-electron chi connectivity index (χ4n) is 2.09. The fourth-order valence-corrected chi connectivity index (χ4v) is 2.09. The number of rotatable bonds is 6. The molecule has 2 aromatic rings. The normalized spacial score (nSPS) is 12.6. The molecule has 0 saturated carbocycles. The molecule has 0 aliphatic heterocycles. The summed E-state index contributed by atoms with van der Waals surface area (Å²) in [5.74, 6) is 6.41. The number of hydrogen-bond acceptors (Lipinski definition) is 4. The van der Waals surface area contributed by atoms with Gasteiger partial charge in [-0.2, -0.15) is 0 Å². The lowest BCUT2D eigenvalue weighted by Gasteiger charge is -2.20. The molecule has 0 saturated heterocycles. The molecule has 1 aromatic carbocycles. The minimum atomic E-state index is 0.410. The van der Waals surface area contributed by atoms with Gasteiger partial charge in [-0.15, -0.1) is 0 Å². The minimum absolute atomic E-state index is 0.410. The van der Waals surface area contributed by atoms with E-state index in [1.165, 1.54) is 5.56 Å². The molecule has 0 unspecified atom stereocenters. The lowest BCUT2D eigenvalue weighted by Crippen LogP contribution is -2.36. The molecule has 0 spiro atoms. The molecule has 106 valence electrons. The van der Waals surface area contributed by atoms with E-state index in [1.807, 2.05) is 23.2 Å². The Labute approximate surface area is 120 Å². The zero-order valence-corrected chi connectivity index (χ0v) is 11.9. The third kappa shape index (κ3) is 4.13. The average molecular weight is 270 g/mol. The van der Waals surface area contributed by atoms with Crippen molar-refractivity contribution in [1.29, 1.82) is 0 Å². The molecule has 0 amide bonds.